The third-order valence-electron chi connectivity index (χ3n) is 2.60. The second kappa shape index (κ2) is 5.23. The van der Waals surface area contributed by atoms with E-state index in [1.807, 2.05) is 6.92 Å². The first-order chi connectivity index (χ1) is 8.61. The van der Waals surface area contributed by atoms with Crippen LogP contribution in [-0.4, -0.2) is 20.9 Å². The van der Waals surface area contributed by atoms with E-state index in [2.05, 4.69) is 5.10 Å². The standard InChI is InChI=1S/C13H13ClN2O2/c1-2-3-12-11(13(17)18)8-16(15-12)10-6-4-9(14)5-7-10/h4-8H,2-3H2,1H3,(H,17,18). The highest BCUT2D eigenvalue weighted by Crippen LogP contribution is 2.16. The number of halogens is 1. The van der Waals surface area contributed by atoms with Crippen molar-refractivity contribution in [2.45, 2.75) is 19.8 Å². The summed E-state index contributed by atoms with van der Waals surface area (Å²) in [7, 11) is 0. The Kier molecular flexibility index (Phi) is 3.67. The molecular formula is C13H13ClN2O2. The SMILES string of the molecule is CCCc1nn(-c2ccc(Cl)cc2)cc1C(=O)O. The van der Waals surface area contributed by atoms with E-state index < -0.39 is 5.97 Å². The summed E-state index contributed by atoms with van der Waals surface area (Å²) in [6, 6.07) is 7.10. The lowest BCUT2D eigenvalue weighted by Crippen LogP contribution is -1.99. The predicted octanol–water partition coefficient (Wildman–Crippen LogP) is 3.18. The monoisotopic (exact) mass is 264 g/mol. The van der Waals surface area contributed by atoms with E-state index in [1.54, 1.807) is 28.9 Å². The Hall–Kier alpha value is -1.81. The average Bonchev–Trinajstić information content (AvgIpc) is 2.75. The lowest BCUT2D eigenvalue weighted by Gasteiger charge is -2.00. The number of hydrogen-bond donors (Lipinski definition) is 1. The Morgan fingerprint density at radius 2 is 2.06 bits per heavy atom. The van der Waals surface area contributed by atoms with E-state index in [9.17, 15) is 4.79 Å². The van der Waals surface area contributed by atoms with Crippen LogP contribution >= 0.6 is 11.6 Å². The number of aryl methyl sites for hydroxylation is 1. The molecule has 1 N–H and O–H groups in total. The fourth-order valence-electron chi connectivity index (χ4n) is 1.74. The van der Waals surface area contributed by atoms with E-state index in [0.29, 0.717) is 17.1 Å². The Balaban J connectivity index is 2.42. The quantitative estimate of drug-likeness (QED) is 0.923. The smallest absolute Gasteiger partial charge is 0.339 e. The molecule has 0 spiro atoms. The maximum absolute atomic E-state index is 11.1. The Bertz CT molecular complexity index is 561. The van der Waals surface area contributed by atoms with Gasteiger partial charge in [0.1, 0.15) is 5.56 Å². The first kappa shape index (κ1) is 12.6. The van der Waals surface area contributed by atoms with Crippen molar-refractivity contribution < 1.29 is 9.90 Å². The highest BCUT2D eigenvalue weighted by atomic mass is 35.5. The lowest BCUT2D eigenvalue weighted by molar-refractivity contribution is 0.0695. The highest BCUT2D eigenvalue weighted by Gasteiger charge is 2.15. The Morgan fingerprint density at radius 3 is 2.61 bits per heavy atom. The van der Waals surface area contributed by atoms with Crippen LogP contribution in [0.1, 0.15) is 29.4 Å². The van der Waals surface area contributed by atoms with Gasteiger partial charge in [0.2, 0.25) is 0 Å². The van der Waals surface area contributed by atoms with E-state index in [-0.39, 0.29) is 5.56 Å². The molecule has 1 heterocycles. The van der Waals surface area contributed by atoms with Crippen molar-refractivity contribution in [3.05, 3.63) is 46.7 Å². The molecule has 4 nitrogen and oxygen atoms in total. The third-order valence-corrected chi connectivity index (χ3v) is 2.85. The molecule has 2 rings (SSSR count). The second-order valence-electron chi connectivity index (χ2n) is 3.97. The number of aromatic nitrogens is 2. The summed E-state index contributed by atoms with van der Waals surface area (Å²) < 4.78 is 1.57. The van der Waals surface area contributed by atoms with Gasteiger partial charge in [0, 0.05) is 11.2 Å². The zero-order chi connectivity index (χ0) is 13.1. The molecule has 0 aliphatic heterocycles. The number of benzene rings is 1. The second-order valence-corrected chi connectivity index (χ2v) is 4.40. The van der Waals surface area contributed by atoms with Gasteiger partial charge in [-0.1, -0.05) is 24.9 Å². The number of rotatable bonds is 4. The van der Waals surface area contributed by atoms with Gasteiger partial charge in [0.15, 0.2) is 0 Å². The minimum absolute atomic E-state index is 0.256. The first-order valence-corrected chi connectivity index (χ1v) is 6.07. The van der Waals surface area contributed by atoms with Gasteiger partial charge in [0.25, 0.3) is 0 Å². The van der Waals surface area contributed by atoms with Crippen molar-refractivity contribution in [3.63, 3.8) is 0 Å². The van der Waals surface area contributed by atoms with E-state index in [4.69, 9.17) is 16.7 Å². The van der Waals surface area contributed by atoms with Crippen LogP contribution in [0.15, 0.2) is 30.5 Å². The van der Waals surface area contributed by atoms with Crippen molar-refractivity contribution in [2.24, 2.45) is 0 Å². The van der Waals surface area contributed by atoms with Gasteiger partial charge in [-0.25, -0.2) is 9.48 Å². The molecule has 0 unspecified atom stereocenters. The number of carboxylic acids is 1. The fraction of sp³-hybridized carbons (Fsp3) is 0.231. The largest absolute Gasteiger partial charge is 0.478 e. The minimum Gasteiger partial charge on any atom is -0.478 e. The topological polar surface area (TPSA) is 55.1 Å². The summed E-state index contributed by atoms with van der Waals surface area (Å²) in [5, 5.41) is 14.1. The molecule has 0 bridgehead atoms. The number of nitrogens with zero attached hydrogens (tertiary/aromatic N) is 2. The van der Waals surface area contributed by atoms with Gasteiger partial charge in [0.05, 0.1) is 11.4 Å². The van der Waals surface area contributed by atoms with Crippen LogP contribution in [-0.2, 0) is 6.42 Å². The fourth-order valence-corrected chi connectivity index (χ4v) is 1.86. The van der Waals surface area contributed by atoms with Crippen LogP contribution in [0.5, 0.6) is 0 Å². The molecule has 0 fully saturated rings. The normalized spacial score (nSPS) is 10.6. The molecule has 1 aromatic carbocycles. The number of carbonyl (C=O) groups is 1. The molecule has 94 valence electrons. The van der Waals surface area contributed by atoms with Crippen molar-refractivity contribution >= 4 is 17.6 Å². The highest BCUT2D eigenvalue weighted by molar-refractivity contribution is 6.30. The van der Waals surface area contributed by atoms with Gasteiger partial charge in [-0.05, 0) is 30.7 Å². The number of carboxylic acid groups (broad SMARTS) is 1. The molecule has 0 radical (unpaired) electrons. The molecule has 0 amide bonds. The van der Waals surface area contributed by atoms with Crippen LogP contribution in [0.25, 0.3) is 5.69 Å². The summed E-state index contributed by atoms with van der Waals surface area (Å²) in [6.45, 7) is 1.99. The lowest BCUT2D eigenvalue weighted by atomic mass is 10.2. The molecule has 0 saturated heterocycles. The maximum atomic E-state index is 11.1. The van der Waals surface area contributed by atoms with Crippen molar-refractivity contribution in [1.29, 1.82) is 0 Å². The Morgan fingerprint density at radius 1 is 1.39 bits per heavy atom. The summed E-state index contributed by atoms with van der Waals surface area (Å²) >= 11 is 5.81. The summed E-state index contributed by atoms with van der Waals surface area (Å²) in [6.07, 6.45) is 3.05. The number of hydrogen-bond acceptors (Lipinski definition) is 2. The molecule has 0 saturated carbocycles. The molecule has 0 aliphatic rings. The van der Waals surface area contributed by atoms with Crippen molar-refractivity contribution in [1.82, 2.24) is 9.78 Å². The molecule has 0 aliphatic carbocycles. The molecule has 0 atom stereocenters. The van der Waals surface area contributed by atoms with Crippen LogP contribution in [0.4, 0.5) is 0 Å². The Labute approximate surface area is 110 Å². The molecular weight excluding hydrogens is 252 g/mol. The maximum Gasteiger partial charge on any atom is 0.339 e. The molecule has 5 heteroatoms. The van der Waals surface area contributed by atoms with Crippen molar-refractivity contribution in [2.75, 3.05) is 0 Å². The van der Waals surface area contributed by atoms with E-state index in [0.717, 1.165) is 12.1 Å². The van der Waals surface area contributed by atoms with Gasteiger partial charge in [-0.2, -0.15) is 5.10 Å². The summed E-state index contributed by atoms with van der Waals surface area (Å²) in [4.78, 5) is 11.1. The molecule has 1 aromatic heterocycles. The van der Waals surface area contributed by atoms with Crippen LogP contribution in [0.2, 0.25) is 5.02 Å². The van der Waals surface area contributed by atoms with Gasteiger partial charge < -0.3 is 5.11 Å². The van der Waals surface area contributed by atoms with Crippen molar-refractivity contribution in [3.8, 4) is 5.69 Å². The van der Waals surface area contributed by atoms with Gasteiger partial charge in [-0.15, -0.1) is 0 Å². The molecule has 2 aromatic rings. The van der Waals surface area contributed by atoms with Crippen LogP contribution in [0.3, 0.4) is 0 Å². The predicted molar refractivity (Wildman–Crippen MR) is 69.5 cm³/mol. The minimum atomic E-state index is -0.946. The van der Waals surface area contributed by atoms with Crippen LogP contribution < -0.4 is 0 Å². The average molecular weight is 265 g/mol. The van der Waals surface area contributed by atoms with Crippen LogP contribution in [0, 0.1) is 0 Å². The van der Waals surface area contributed by atoms with E-state index in [1.165, 1.54) is 6.20 Å². The zero-order valence-electron chi connectivity index (χ0n) is 9.93. The first-order valence-electron chi connectivity index (χ1n) is 5.69. The van der Waals surface area contributed by atoms with Gasteiger partial charge >= 0.3 is 5.97 Å². The summed E-state index contributed by atoms with van der Waals surface area (Å²) in [5.74, 6) is -0.946. The van der Waals surface area contributed by atoms with Gasteiger partial charge in [-0.3, -0.25) is 0 Å². The van der Waals surface area contributed by atoms with E-state index >= 15 is 0 Å². The third kappa shape index (κ3) is 2.54. The summed E-state index contributed by atoms with van der Waals surface area (Å²) in [5.41, 5.74) is 1.66. The number of aromatic carboxylic acids is 1. The molecule has 18 heavy (non-hydrogen) atoms. The zero-order valence-corrected chi connectivity index (χ0v) is 10.7.